The van der Waals surface area contributed by atoms with Gasteiger partial charge in [-0.1, -0.05) is 62.4 Å². The first-order chi connectivity index (χ1) is 27.0. The normalized spacial score (nSPS) is 32.0. The maximum atomic E-state index is 14.9. The van der Waals surface area contributed by atoms with Gasteiger partial charge >= 0.3 is 24.0 Å². The van der Waals surface area contributed by atoms with Gasteiger partial charge in [-0.2, -0.15) is 0 Å². The minimum absolute atomic E-state index is 0. The molecule has 11 N–H and O–H groups in total. The zero-order chi connectivity index (χ0) is 42.7. The average Bonchev–Trinajstić information content (AvgIpc) is 3.14. The van der Waals surface area contributed by atoms with Crippen LogP contribution in [0.2, 0.25) is 0 Å². The first kappa shape index (κ1) is 50.6. The van der Waals surface area contributed by atoms with E-state index in [9.17, 15) is 44.4 Å². The van der Waals surface area contributed by atoms with Crippen molar-refractivity contribution in [3.8, 4) is 0 Å². The summed E-state index contributed by atoms with van der Waals surface area (Å²) in [6.45, 7) is 11.8. The van der Waals surface area contributed by atoms with Crippen molar-refractivity contribution in [3.05, 3.63) is 82.9 Å². The molecule has 0 spiro atoms. The molecular formula is C43H59NO17. The number of Topliss-reactive ketones (excluding diaryl/α,β-unsaturated/α-hetero) is 1. The summed E-state index contributed by atoms with van der Waals surface area (Å²) < 4.78 is 29.5. The third-order valence-electron chi connectivity index (χ3n) is 12.6. The number of rotatable bonds is 8. The van der Waals surface area contributed by atoms with Gasteiger partial charge in [0.25, 0.3) is 0 Å². The lowest BCUT2D eigenvalue weighted by Gasteiger charge is -2.67. The number of amides is 1. The number of aliphatic hydroxyl groups is 4. The van der Waals surface area contributed by atoms with Crippen molar-refractivity contribution in [2.45, 2.75) is 128 Å². The van der Waals surface area contributed by atoms with E-state index >= 15 is 0 Å². The molecule has 11 atom stereocenters. The molecular weight excluding hydrogens is 802 g/mol. The molecule has 2 saturated carbocycles. The van der Waals surface area contributed by atoms with E-state index in [1.807, 2.05) is 0 Å². The number of esters is 3. The quantitative estimate of drug-likeness (QED) is 0.139. The zero-order valence-corrected chi connectivity index (χ0v) is 35.4. The number of carbonyl (C=O) groups is 5. The minimum atomic E-state index is -2.35. The van der Waals surface area contributed by atoms with Crippen molar-refractivity contribution < 1.29 is 84.5 Å². The maximum absolute atomic E-state index is 14.9. The Labute approximate surface area is 353 Å². The molecule has 0 aromatic heterocycles. The summed E-state index contributed by atoms with van der Waals surface area (Å²) in [4.78, 5) is 68.9. The molecule has 1 unspecified atom stereocenters. The van der Waals surface area contributed by atoms with Gasteiger partial charge in [0.15, 0.2) is 17.5 Å². The Hall–Kier alpha value is -4.79. The molecule has 4 aliphatic rings. The number of aliphatic hydroxyl groups excluding tert-OH is 3. The van der Waals surface area contributed by atoms with Crippen molar-refractivity contribution in [1.82, 2.24) is 5.32 Å². The van der Waals surface area contributed by atoms with Gasteiger partial charge in [0.1, 0.15) is 35.6 Å². The number of hydrogen-bond acceptors (Lipinski definition) is 14. The fourth-order valence-corrected chi connectivity index (χ4v) is 9.56. The number of benzene rings is 2. The van der Waals surface area contributed by atoms with E-state index in [2.05, 4.69) is 5.32 Å². The first-order valence-corrected chi connectivity index (χ1v) is 19.3. The summed E-state index contributed by atoms with van der Waals surface area (Å²) in [5.41, 5.74) is -8.14. The topological polar surface area (TPSA) is 319 Å². The predicted octanol–water partition coefficient (Wildman–Crippen LogP) is 0.786. The van der Waals surface area contributed by atoms with Crippen LogP contribution >= 0.6 is 0 Å². The summed E-state index contributed by atoms with van der Waals surface area (Å²) in [6, 6.07) is 14.6. The number of ether oxygens (including phenoxy) is 5. The summed E-state index contributed by atoms with van der Waals surface area (Å²) >= 11 is 0. The van der Waals surface area contributed by atoms with Crippen LogP contribution in [0, 0.1) is 16.7 Å². The van der Waals surface area contributed by atoms with E-state index in [-0.39, 0.29) is 46.2 Å². The number of nitrogens with one attached hydrogen (secondary N) is 1. The fraction of sp³-hybridized carbons (Fsp3) is 0.558. The summed E-state index contributed by atoms with van der Waals surface area (Å²) in [7, 11) is 0. The van der Waals surface area contributed by atoms with Crippen molar-refractivity contribution in [2.24, 2.45) is 16.7 Å². The molecule has 1 saturated heterocycles. The molecule has 3 fully saturated rings. The molecule has 18 nitrogen and oxygen atoms in total. The SMILES string of the molecule is CC(=O)O[C@]12CO[C@@H]1C[C@@H](O)[C@@]1(C)C(=O)[C@@H](O)C3=C(C)C(OC(=O)[C@H](O)[C@H](NC(=O)OC(C)(C)C)c4ccccc4)C[C@@](O)([C@@H](OC(=O)c4ccccc4)[C@H]21)C3(C)C.O.O.O. The molecule has 0 radical (unpaired) electrons. The molecule has 2 bridgehead atoms. The monoisotopic (exact) mass is 861 g/mol. The van der Waals surface area contributed by atoms with Gasteiger partial charge in [0.05, 0.1) is 35.6 Å². The number of ketones is 1. The highest BCUT2D eigenvalue weighted by Crippen LogP contribution is 2.64. The van der Waals surface area contributed by atoms with Crippen LogP contribution in [-0.2, 0) is 38.1 Å². The zero-order valence-electron chi connectivity index (χ0n) is 35.4. The lowest BCUT2D eigenvalue weighted by atomic mass is 9.44. The Morgan fingerprint density at radius 3 is 2.02 bits per heavy atom. The Morgan fingerprint density at radius 1 is 0.918 bits per heavy atom. The summed E-state index contributed by atoms with van der Waals surface area (Å²) in [5.74, 6) is -5.36. The van der Waals surface area contributed by atoms with Crippen LogP contribution in [0.3, 0.4) is 0 Å². The Balaban J connectivity index is 0.00000331. The Bertz CT molecular complexity index is 1980. The third kappa shape index (κ3) is 8.55. The van der Waals surface area contributed by atoms with E-state index in [0.717, 1.165) is 6.92 Å². The smallest absolute Gasteiger partial charge is 0.408 e. The summed E-state index contributed by atoms with van der Waals surface area (Å²) in [5, 5.41) is 51.6. The van der Waals surface area contributed by atoms with E-state index in [4.69, 9.17) is 23.7 Å². The van der Waals surface area contributed by atoms with E-state index in [1.54, 1.807) is 83.1 Å². The van der Waals surface area contributed by atoms with Crippen molar-refractivity contribution >= 4 is 29.8 Å². The van der Waals surface area contributed by atoms with E-state index in [1.165, 1.54) is 26.0 Å². The number of carbonyl (C=O) groups excluding carboxylic acids is 5. The molecule has 3 aliphatic carbocycles. The van der Waals surface area contributed by atoms with Crippen LogP contribution in [0.4, 0.5) is 4.79 Å². The van der Waals surface area contributed by atoms with Crippen molar-refractivity contribution in [1.29, 1.82) is 0 Å². The molecule has 2 aromatic rings. The number of fused-ring (bicyclic) bond motifs is 5. The second-order valence-corrected chi connectivity index (χ2v) is 17.6. The second kappa shape index (κ2) is 17.9. The molecule has 338 valence electrons. The van der Waals surface area contributed by atoms with Gasteiger partial charge in [-0.05, 0) is 63.5 Å². The standard InChI is InChI=1S/C43H53NO14.3H2O/c1-22-26(55-37(51)32(48)30(24-15-11-9-12-16-24)44-38(52)58-39(3,4)5)20-43(53)35(56-36(50)25-17-13-10-14-18-25)33-41(8,34(49)31(47)29(22)40(43,6)7)27(46)19-28-42(33,21-54-28)57-23(2)45;;;/h9-18,26-28,30-33,35,46-48,53H,19-21H2,1-8H3,(H,44,52);3*1H2/t26?,27-,28-,30-,31+,32-,33+,35+,41-,42-,43-;;;/m1.../s1. The molecule has 1 aliphatic heterocycles. The van der Waals surface area contributed by atoms with Gasteiger partial charge in [0, 0.05) is 25.2 Å². The van der Waals surface area contributed by atoms with Gasteiger partial charge in [-0.15, -0.1) is 0 Å². The molecule has 61 heavy (non-hydrogen) atoms. The van der Waals surface area contributed by atoms with Crippen LogP contribution in [0.15, 0.2) is 71.8 Å². The van der Waals surface area contributed by atoms with Crippen molar-refractivity contribution in [2.75, 3.05) is 6.61 Å². The van der Waals surface area contributed by atoms with Crippen LogP contribution in [-0.4, -0.2) is 127 Å². The highest BCUT2D eigenvalue weighted by Gasteiger charge is 2.78. The number of alkyl carbamates (subject to hydrolysis) is 1. The largest absolute Gasteiger partial charge is 0.456 e. The van der Waals surface area contributed by atoms with Gasteiger partial charge in [0.2, 0.25) is 0 Å². The first-order valence-electron chi connectivity index (χ1n) is 19.3. The van der Waals surface area contributed by atoms with Gasteiger partial charge < -0.3 is 65.9 Å². The highest BCUT2D eigenvalue weighted by atomic mass is 16.6. The van der Waals surface area contributed by atoms with Crippen LogP contribution in [0.5, 0.6) is 0 Å². The highest BCUT2D eigenvalue weighted by molar-refractivity contribution is 5.94. The van der Waals surface area contributed by atoms with Crippen LogP contribution < -0.4 is 5.32 Å². The molecule has 6 rings (SSSR count). The second-order valence-electron chi connectivity index (χ2n) is 17.6. The van der Waals surface area contributed by atoms with Crippen LogP contribution in [0.1, 0.15) is 90.2 Å². The van der Waals surface area contributed by atoms with Crippen molar-refractivity contribution in [3.63, 3.8) is 0 Å². The van der Waals surface area contributed by atoms with E-state index in [0.29, 0.717) is 5.56 Å². The Morgan fingerprint density at radius 2 is 1.49 bits per heavy atom. The van der Waals surface area contributed by atoms with Gasteiger partial charge in [-0.25, -0.2) is 14.4 Å². The third-order valence-corrected chi connectivity index (χ3v) is 12.6. The minimum Gasteiger partial charge on any atom is -0.456 e. The maximum Gasteiger partial charge on any atom is 0.408 e. The predicted molar refractivity (Wildman–Crippen MR) is 214 cm³/mol. The molecule has 1 heterocycles. The summed E-state index contributed by atoms with van der Waals surface area (Å²) in [6.07, 6.45) is -11.5. The lowest BCUT2D eigenvalue weighted by Crippen LogP contribution is -2.81. The molecule has 18 heteroatoms. The van der Waals surface area contributed by atoms with E-state index < -0.39 is 112 Å². The average molecular weight is 862 g/mol. The molecule has 1 amide bonds. The van der Waals surface area contributed by atoms with Gasteiger partial charge in [-0.3, -0.25) is 9.59 Å². The number of hydrogen-bond donors (Lipinski definition) is 5. The Kier molecular flexibility index (Phi) is 14.8. The molecule has 2 aromatic carbocycles. The lowest BCUT2D eigenvalue weighted by molar-refractivity contribution is -0.346. The fourth-order valence-electron chi connectivity index (χ4n) is 9.56. The van der Waals surface area contributed by atoms with Crippen LogP contribution in [0.25, 0.3) is 0 Å².